The van der Waals surface area contributed by atoms with Crippen molar-refractivity contribution < 1.29 is 38.4 Å². The summed E-state index contributed by atoms with van der Waals surface area (Å²) in [5, 5.41) is 9.12. The fourth-order valence-electron chi connectivity index (χ4n) is 6.83. The van der Waals surface area contributed by atoms with E-state index in [1.807, 2.05) is 24.3 Å². The third-order valence-corrected chi connectivity index (χ3v) is 9.69. The Balaban J connectivity index is 1.38. The average Bonchev–Trinajstić information content (AvgIpc) is 3.10. The molecule has 0 bridgehead atoms. The summed E-state index contributed by atoms with van der Waals surface area (Å²) in [5.41, 5.74) is 3.97. The molecular weight excluding hydrogens is 608 g/mol. The average molecular weight is 659 g/mol. The minimum absolute atomic E-state index is 0.00907. The van der Waals surface area contributed by atoms with E-state index in [4.69, 9.17) is 24.1 Å². The van der Waals surface area contributed by atoms with Gasteiger partial charge in [-0.2, -0.15) is 0 Å². The lowest BCUT2D eigenvalue weighted by molar-refractivity contribution is -0.140. The summed E-state index contributed by atoms with van der Waals surface area (Å²) in [7, 11) is 0. The van der Waals surface area contributed by atoms with Gasteiger partial charge in [0, 0.05) is 11.1 Å². The van der Waals surface area contributed by atoms with Crippen LogP contribution in [-0.2, 0) is 23.9 Å². The van der Waals surface area contributed by atoms with Crippen LogP contribution in [-0.4, -0.2) is 49.4 Å². The van der Waals surface area contributed by atoms with Crippen LogP contribution in [0.4, 0.5) is 0 Å². The number of esters is 3. The zero-order valence-electron chi connectivity index (χ0n) is 28.5. The zero-order chi connectivity index (χ0) is 34.6. The maximum Gasteiger partial charge on any atom is 0.338 e. The first-order chi connectivity index (χ1) is 23.0. The first-order valence-electron chi connectivity index (χ1n) is 17.1. The number of hydrogen-bond donors (Lipinski definition) is 1. The van der Waals surface area contributed by atoms with Gasteiger partial charge in [-0.1, -0.05) is 50.8 Å². The molecule has 0 atom stereocenters. The SMILES string of the molecule is C=C(C)C(=O)OCCC1CCC(C2CCC(c3cc(-c4ccc(OC(=O)C(=C)C)cc4)ccc3OCCOC(=O)C(=C)CO)CC2)CC1. The number of ether oxygens (including phenoxy) is 4. The summed E-state index contributed by atoms with van der Waals surface area (Å²) >= 11 is 0. The van der Waals surface area contributed by atoms with Crippen molar-refractivity contribution in [2.75, 3.05) is 26.4 Å². The largest absolute Gasteiger partial charge is 0.490 e. The highest BCUT2D eigenvalue weighted by Crippen LogP contribution is 2.46. The molecule has 2 saturated carbocycles. The van der Waals surface area contributed by atoms with Gasteiger partial charge in [0.15, 0.2) is 0 Å². The molecule has 48 heavy (non-hydrogen) atoms. The van der Waals surface area contributed by atoms with E-state index >= 15 is 0 Å². The first-order valence-corrected chi connectivity index (χ1v) is 17.1. The second kappa shape index (κ2) is 17.8. The van der Waals surface area contributed by atoms with Crippen molar-refractivity contribution in [3.8, 4) is 22.6 Å². The van der Waals surface area contributed by atoms with Crippen LogP contribution >= 0.6 is 0 Å². The monoisotopic (exact) mass is 658 g/mol. The van der Waals surface area contributed by atoms with Crippen LogP contribution in [0.15, 0.2) is 78.9 Å². The molecule has 258 valence electrons. The Bertz CT molecular complexity index is 1460. The van der Waals surface area contributed by atoms with Crippen molar-refractivity contribution in [1.82, 2.24) is 0 Å². The van der Waals surface area contributed by atoms with Gasteiger partial charge in [-0.25, -0.2) is 14.4 Å². The summed E-state index contributed by atoms with van der Waals surface area (Å²) in [4.78, 5) is 35.5. The minimum Gasteiger partial charge on any atom is -0.490 e. The second-order valence-electron chi connectivity index (χ2n) is 13.3. The van der Waals surface area contributed by atoms with Crippen molar-refractivity contribution in [2.24, 2.45) is 17.8 Å². The Hall–Kier alpha value is -4.17. The number of carbonyl (C=O) groups is 3. The summed E-state index contributed by atoms with van der Waals surface area (Å²) < 4.78 is 22.1. The lowest BCUT2D eigenvalue weighted by atomic mass is 9.68. The Labute approximate surface area is 284 Å². The van der Waals surface area contributed by atoms with Gasteiger partial charge in [-0.3, -0.25) is 0 Å². The van der Waals surface area contributed by atoms with Crippen LogP contribution in [0.5, 0.6) is 11.5 Å². The molecule has 0 saturated heterocycles. The molecule has 0 heterocycles. The topological polar surface area (TPSA) is 108 Å². The van der Waals surface area contributed by atoms with E-state index in [0.29, 0.717) is 41.3 Å². The molecule has 0 radical (unpaired) electrons. The van der Waals surface area contributed by atoms with Gasteiger partial charge in [0.2, 0.25) is 0 Å². The van der Waals surface area contributed by atoms with Gasteiger partial charge in [0.05, 0.1) is 18.8 Å². The van der Waals surface area contributed by atoms with Crippen molar-refractivity contribution in [1.29, 1.82) is 0 Å². The zero-order valence-corrected chi connectivity index (χ0v) is 28.5. The number of carbonyl (C=O) groups excluding carboxylic acids is 3. The molecule has 8 heteroatoms. The van der Waals surface area contributed by atoms with Crippen molar-refractivity contribution in [3.63, 3.8) is 0 Å². The first kappa shape index (κ1) is 36.7. The molecule has 0 aromatic heterocycles. The molecule has 0 amide bonds. The standard InChI is InChI=1S/C40H50O8/c1-26(2)38(42)46-21-20-29-6-8-30(9-7-29)31-10-12-33(13-11-31)36-24-34(32-14-17-35(18-15-32)48-39(43)27(3)4)16-19-37(36)45-22-23-47-40(44)28(5)25-41/h14-19,24,29-31,33,41H,1,3,5-13,20-23,25H2,2,4H3. The normalized spacial score (nSPS) is 20.6. The number of hydrogen-bond acceptors (Lipinski definition) is 8. The Morgan fingerprint density at radius 2 is 1.29 bits per heavy atom. The van der Waals surface area contributed by atoms with Crippen LogP contribution in [0.3, 0.4) is 0 Å². The lowest BCUT2D eigenvalue weighted by Gasteiger charge is -2.38. The molecule has 1 N–H and O–H groups in total. The molecule has 2 aliphatic carbocycles. The molecule has 2 aliphatic rings. The quantitative estimate of drug-likeness (QED) is 0.0891. The van der Waals surface area contributed by atoms with Gasteiger partial charge in [0.1, 0.15) is 24.7 Å². The fourth-order valence-corrected chi connectivity index (χ4v) is 6.83. The van der Waals surface area contributed by atoms with E-state index in [9.17, 15) is 14.4 Å². The highest BCUT2D eigenvalue weighted by molar-refractivity contribution is 5.89. The molecule has 0 spiro atoms. The highest BCUT2D eigenvalue weighted by atomic mass is 16.6. The third-order valence-electron chi connectivity index (χ3n) is 9.69. The predicted molar refractivity (Wildman–Crippen MR) is 186 cm³/mol. The van der Waals surface area contributed by atoms with Gasteiger partial charge >= 0.3 is 17.9 Å². The van der Waals surface area contributed by atoms with E-state index < -0.39 is 18.5 Å². The lowest BCUT2D eigenvalue weighted by Crippen LogP contribution is -2.26. The van der Waals surface area contributed by atoms with E-state index in [0.717, 1.165) is 47.6 Å². The van der Waals surface area contributed by atoms with Crippen molar-refractivity contribution in [3.05, 3.63) is 84.5 Å². The smallest absolute Gasteiger partial charge is 0.338 e. The molecule has 2 fully saturated rings. The van der Waals surface area contributed by atoms with Crippen LogP contribution in [0.25, 0.3) is 11.1 Å². The molecule has 2 aromatic rings. The van der Waals surface area contributed by atoms with Gasteiger partial charge in [-0.15, -0.1) is 0 Å². The fraction of sp³-hybridized carbons (Fsp3) is 0.475. The van der Waals surface area contributed by atoms with Crippen LogP contribution in [0, 0.1) is 17.8 Å². The number of benzene rings is 2. The number of aliphatic hydroxyl groups excluding tert-OH is 1. The van der Waals surface area contributed by atoms with E-state index in [2.05, 4.69) is 25.8 Å². The molecule has 2 aromatic carbocycles. The van der Waals surface area contributed by atoms with Gasteiger partial charge in [0.25, 0.3) is 0 Å². The predicted octanol–water partition coefficient (Wildman–Crippen LogP) is 7.90. The van der Waals surface area contributed by atoms with Crippen LogP contribution in [0.2, 0.25) is 0 Å². The maximum absolute atomic E-state index is 11.9. The third kappa shape index (κ3) is 10.4. The number of aliphatic hydroxyl groups is 1. The Morgan fingerprint density at radius 1 is 0.708 bits per heavy atom. The van der Waals surface area contributed by atoms with E-state index in [1.165, 1.54) is 38.5 Å². The maximum atomic E-state index is 11.9. The summed E-state index contributed by atoms with van der Waals surface area (Å²) in [6, 6.07) is 13.6. The van der Waals surface area contributed by atoms with Crippen LogP contribution in [0.1, 0.15) is 83.1 Å². The molecule has 8 nitrogen and oxygen atoms in total. The highest BCUT2D eigenvalue weighted by Gasteiger charge is 2.32. The van der Waals surface area contributed by atoms with Crippen molar-refractivity contribution in [2.45, 2.75) is 77.6 Å². The van der Waals surface area contributed by atoms with E-state index in [1.54, 1.807) is 26.0 Å². The summed E-state index contributed by atoms with van der Waals surface area (Å²) in [6.07, 6.45) is 10.3. The molecule has 0 unspecified atom stereocenters. The molecule has 4 rings (SSSR count). The van der Waals surface area contributed by atoms with Crippen molar-refractivity contribution >= 4 is 17.9 Å². The Kier molecular flexibility index (Phi) is 13.6. The Morgan fingerprint density at radius 3 is 1.90 bits per heavy atom. The molecular formula is C40H50O8. The summed E-state index contributed by atoms with van der Waals surface area (Å²) in [6.45, 7) is 14.4. The van der Waals surface area contributed by atoms with Gasteiger partial charge in [-0.05, 0) is 123 Å². The molecule has 0 aliphatic heterocycles. The second-order valence-corrected chi connectivity index (χ2v) is 13.3. The van der Waals surface area contributed by atoms with Gasteiger partial charge < -0.3 is 24.1 Å². The minimum atomic E-state index is -0.632. The number of rotatable bonds is 15. The van der Waals surface area contributed by atoms with E-state index in [-0.39, 0.29) is 24.8 Å². The summed E-state index contributed by atoms with van der Waals surface area (Å²) in [5.74, 6) is 2.26. The van der Waals surface area contributed by atoms with Crippen LogP contribution < -0.4 is 9.47 Å².